The highest BCUT2D eigenvalue weighted by Crippen LogP contribution is 2.24. The van der Waals surface area contributed by atoms with Crippen molar-refractivity contribution in [3.8, 4) is 11.1 Å². The number of carbonyl (C=O) groups is 1. The average Bonchev–Trinajstić information content (AvgIpc) is 3.26. The number of H-pyrrole nitrogens is 1. The second-order valence-corrected chi connectivity index (χ2v) is 8.51. The van der Waals surface area contributed by atoms with Crippen LogP contribution in [0.25, 0.3) is 22.2 Å². The number of anilines is 1. The van der Waals surface area contributed by atoms with Crippen LogP contribution in [0.4, 0.5) is 5.82 Å². The summed E-state index contributed by atoms with van der Waals surface area (Å²) < 4.78 is 5.70. The van der Waals surface area contributed by atoms with E-state index in [-0.39, 0.29) is 11.9 Å². The molecule has 1 aliphatic heterocycles. The summed E-state index contributed by atoms with van der Waals surface area (Å²) in [7, 11) is 0. The molecule has 168 valence electrons. The zero-order chi connectivity index (χ0) is 22.8. The van der Waals surface area contributed by atoms with Gasteiger partial charge in [0, 0.05) is 18.4 Å². The molecule has 7 heteroatoms. The van der Waals surface area contributed by atoms with Gasteiger partial charge in [-0.25, -0.2) is 4.98 Å². The first-order chi connectivity index (χ1) is 16.1. The Morgan fingerprint density at radius 3 is 2.76 bits per heavy atom. The summed E-state index contributed by atoms with van der Waals surface area (Å²) in [5, 5.41) is 0. The van der Waals surface area contributed by atoms with E-state index >= 15 is 0 Å². The summed E-state index contributed by atoms with van der Waals surface area (Å²) in [5.41, 5.74) is 11.8. The lowest BCUT2D eigenvalue weighted by Gasteiger charge is -2.33. The molecule has 33 heavy (non-hydrogen) atoms. The molecule has 3 aromatic heterocycles. The Morgan fingerprint density at radius 2 is 2.03 bits per heavy atom. The fourth-order valence-corrected chi connectivity index (χ4v) is 4.27. The van der Waals surface area contributed by atoms with Crippen LogP contribution in [0.5, 0.6) is 0 Å². The zero-order valence-electron chi connectivity index (χ0n) is 18.6. The molecule has 0 bridgehead atoms. The van der Waals surface area contributed by atoms with E-state index in [1.54, 1.807) is 6.07 Å². The van der Waals surface area contributed by atoms with Crippen molar-refractivity contribution in [2.45, 2.75) is 32.4 Å². The molecule has 1 atom stereocenters. The van der Waals surface area contributed by atoms with Crippen molar-refractivity contribution < 1.29 is 9.53 Å². The fourth-order valence-electron chi connectivity index (χ4n) is 4.27. The molecule has 0 radical (unpaired) electrons. The Hall–Kier alpha value is -3.71. The topological polar surface area (TPSA) is 97.1 Å². The number of nitrogen functional groups attached to an aromatic ring is 1. The van der Waals surface area contributed by atoms with Crippen molar-refractivity contribution in [1.82, 2.24) is 19.9 Å². The van der Waals surface area contributed by atoms with Crippen LogP contribution in [0.15, 0.2) is 60.8 Å². The summed E-state index contributed by atoms with van der Waals surface area (Å²) in [5.74, 6) is 0.384. The van der Waals surface area contributed by atoms with Gasteiger partial charge in [-0.1, -0.05) is 36.4 Å². The van der Waals surface area contributed by atoms with Crippen LogP contribution in [0.2, 0.25) is 0 Å². The van der Waals surface area contributed by atoms with E-state index in [1.807, 2.05) is 48.4 Å². The number of aromatic amines is 1. The summed E-state index contributed by atoms with van der Waals surface area (Å²) in [4.78, 5) is 27.8. The number of nitrogens with two attached hydrogens (primary N) is 1. The molecule has 1 aromatic carbocycles. The Balaban J connectivity index is 1.43. The molecule has 1 fully saturated rings. The molecule has 1 unspecified atom stereocenters. The van der Waals surface area contributed by atoms with Gasteiger partial charge in [0.1, 0.15) is 11.5 Å². The van der Waals surface area contributed by atoms with Crippen molar-refractivity contribution in [1.29, 1.82) is 0 Å². The normalized spacial score (nSPS) is 16.1. The number of fused-ring (bicyclic) bond motifs is 1. The van der Waals surface area contributed by atoms with Gasteiger partial charge >= 0.3 is 0 Å². The number of nitrogens with one attached hydrogen (secondary N) is 1. The minimum absolute atomic E-state index is 0.00646. The maximum Gasteiger partial charge on any atom is 0.271 e. The third-order valence-corrected chi connectivity index (χ3v) is 6.16. The van der Waals surface area contributed by atoms with Gasteiger partial charge in [-0.15, -0.1) is 0 Å². The fraction of sp³-hybridized carbons (Fsp3) is 0.269. The molecule has 1 amide bonds. The van der Waals surface area contributed by atoms with Crippen molar-refractivity contribution >= 4 is 22.8 Å². The number of hydrogen-bond acceptors (Lipinski definition) is 5. The number of benzene rings is 1. The van der Waals surface area contributed by atoms with Crippen molar-refractivity contribution in [3.63, 3.8) is 0 Å². The van der Waals surface area contributed by atoms with Gasteiger partial charge in [-0.05, 0) is 49.1 Å². The van der Waals surface area contributed by atoms with Crippen LogP contribution in [0.1, 0.15) is 34.6 Å². The van der Waals surface area contributed by atoms with Gasteiger partial charge in [-0.3, -0.25) is 9.78 Å². The van der Waals surface area contributed by atoms with Gasteiger partial charge in [-0.2, -0.15) is 0 Å². The maximum absolute atomic E-state index is 13.6. The van der Waals surface area contributed by atoms with E-state index in [2.05, 4.69) is 33.2 Å². The Bertz CT molecular complexity index is 1220. The summed E-state index contributed by atoms with van der Waals surface area (Å²) in [6, 6.07) is 17.9. The molecule has 1 aliphatic rings. The molecular weight excluding hydrogens is 414 g/mol. The van der Waals surface area contributed by atoms with E-state index in [0.29, 0.717) is 30.2 Å². The second kappa shape index (κ2) is 9.03. The first-order valence-electron chi connectivity index (χ1n) is 11.2. The summed E-state index contributed by atoms with van der Waals surface area (Å²) in [6.07, 6.45) is 3.69. The molecule has 0 saturated carbocycles. The smallest absolute Gasteiger partial charge is 0.271 e. The number of amides is 1. The summed E-state index contributed by atoms with van der Waals surface area (Å²) >= 11 is 0. The number of pyridine rings is 2. The van der Waals surface area contributed by atoms with Gasteiger partial charge in [0.15, 0.2) is 0 Å². The standard InChI is InChI=1S/C26H27N5O2/c1-17-12-22-23(30-25(17)27)13-24(29-22)26(32)31(21-8-5-11-33-16-21)15-20-10-9-19(14-28-20)18-6-3-2-4-7-18/h2-4,6-7,9-10,12-14,21,29H,5,8,11,15-16H2,1H3,(H2,27,30). The molecule has 0 spiro atoms. The molecule has 4 aromatic rings. The van der Waals surface area contributed by atoms with E-state index in [4.69, 9.17) is 10.5 Å². The van der Waals surface area contributed by atoms with E-state index in [0.717, 1.165) is 47.3 Å². The molecule has 1 saturated heterocycles. The highest BCUT2D eigenvalue weighted by molar-refractivity contribution is 5.97. The van der Waals surface area contributed by atoms with Crippen LogP contribution in [0.3, 0.4) is 0 Å². The van der Waals surface area contributed by atoms with Gasteiger partial charge < -0.3 is 20.4 Å². The Labute approximate surface area is 192 Å². The SMILES string of the molecule is Cc1cc2[nH]c(C(=O)N(Cc3ccc(-c4ccccc4)cn3)C3CCCOC3)cc2nc1N. The molecular formula is C26H27N5O2. The van der Waals surface area contributed by atoms with Crippen molar-refractivity contribution in [2.75, 3.05) is 18.9 Å². The van der Waals surface area contributed by atoms with Crippen LogP contribution in [-0.2, 0) is 11.3 Å². The van der Waals surface area contributed by atoms with Crippen LogP contribution in [0, 0.1) is 6.92 Å². The van der Waals surface area contributed by atoms with Crippen molar-refractivity contribution in [2.24, 2.45) is 0 Å². The average molecular weight is 442 g/mol. The van der Waals surface area contributed by atoms with E-state index in [1.165, 1.54) is 0 Å². The number of rotatable bonds is 5. The van der Waals surface area contributed by atoms with Gasteiger partial charge in [0.05, 0.1) is 35.9 Å². The number of hydrogen-bond donors (Lipinski definition) is 2. The lowest BCUT2D eigenvalue weighted by molar-refractivity contribution is 0.0137. The number of ether oxygens (including phenoxy) is 1. The summed E-state index contributed by atoms with van der Waals surface area (Å²) in [6.45, 7) is 3.57. The lowest BCUT2D eigenvalue weighted by Crippen LogP contribution is -2.44. The number of aromatic nitrogens is 3. The van der Waals surface area contributed by atoms with E-state index < -0.39 is 0 Å². The highest BCUT2D eigenvalue weighted by Gasteiger charge is 2.28. The lowest BCUT2D eigenvalue weighted by atomic mass is 10.1. The third-order valence-electron chi connectivity index (χ3n) is 6.16. The molecule has 0 aliphatic carbocycles. The first kappa shape index (κ1) is 21.2. The first-order valence-corrected chi connectivity index (χ1v) is 11.2. The quantitative estimate of drug-likeness (QED) is 0.480. The van der Waals surface area contributed by atoms with Crippen molar-refractivity contribution in [3.05, 3.63) is 77.7 Å². The second-order valence-electron chi connectivity index (χ2n) is 8.51. The molecule has 4 heterocycles. The monoisotopic (exact) mass is 441 g/mol. The van der Waals surface area contributed by atoms with Crippen LogP contribution in [-0.4, -0.2) is 45.0 Å². The minimum atomic E-state index is -0.0892. The number of aryl methyl sites for hydroxylation is 1. The van der Waals surface area contributed by atoms with E-state index in [9.17, 15) is 4.79 Å². The highest BCUT2D eigenvalue weighted by atomic mass is 16.5. The number of carbonyl (C=O) groups excluding carboxylic acids is 1. The zero-order valence-corrected chi connectivity index (χ0v) is 18.6. The Kier molecular flexibility index (Phi) is 5.79. The molecule has 7 nitrogen and oxygen atoms in total. The van der Waals surface area contributed by atoms with Crippen LogP contribution >= 0.6 is 0 Å². The van der Waals surface area contributed by atoms with Gasteiger partial charge in [0.2, 0.25) is 0 Å². The maximum atomic E-state index is 13.6. The van der Waals surface area contributed by atoms with Gasteiger partial charge in [0.25, 0.3) is 5.91 Å². The minimum Gasteiger partial charge on any atom is -0.383 e. The third kappa shape index (κ3) is 4.45. The Morgan fingerprint density at radius 1 is 1.18 bits per heavy atom. The largest absolute Gasteiger partial charge is 0.383 e. The predicted octanol–water partition coefficient (Wildman–Crippen LogP) is 4.34. The number of nitrogens with zero attached hydrogens (tertiary/aromatic N) is 3. The molecule has 5 rings (SSSR count). The predicted molar refractivity (Wildman–Crippen MR) is 129 cm³/mol. The van der Waals surface area contributed by atoms with Crippen LogP contribution < -0.4 is 5.73 Å². The molecule has 3 N–H and O–H groups in total.